The first-order chi connectivity index (χ1) is 16.0. The van der Waals surface area contributed by atoms with Gasteiger partial charge in [-0.3, -0.25) is 4.79 Å². The van der Waals surface area contributed by atoms with Crippen LogP contribution in [-0.2, 0) is 12.7 Å². The summed E-state index contributed by atoms with van der Waals surface area (Å²) in [5.41, 5.74) is 0.0409. The van der Waals surface area contributed by atoms with Gasteiger partial charge in [0.05, 0.1) is 0 Å². The average molecular weight is 494 g/mol. The maximum atomic E-state index is 14.3. The Bertz CT molecular complexity index is 1180. The topological polar surface area (TPSA) is 74.6 Å². The molecule has 0 bridgehead atoms. The van der Waals surface area contributed by atoms with Crippen molar-refractivity contribution in [3.05, 3.63) is 82.1 Å². The number of carboxylic acid groups (broad SMARTS) is 1. The summed E-state index contributed by atoms with van der Waals surface area (Å²) in [6, 6.07) is 14.8. The molecule has 0 unspecified atom stereocenters. The molecule has 1 aromatic heterocycles. The van der Waals surface area contributed by atoms with Crippen molar-refractivity contribution in [2.24, 2.45) is 0 Å². The summed E-state index contributed by atoms with van der Waals surface area (Å²) in [4.78, 5) is 25.5. The molecule has 180 valence electrons. The predicted molar refractivity (Wildman–Crippen MR) is 123 cm³/mol. The van der Waals surface area contributed by atoms with Crippen LogP contribution in [0.4, 0.5) is 18.0 Å². The fourth-order valence-electron chi connectivity index (χ4n) is 3.84. The smallest absolute Gasteiger partial charge is 0.431 e. The molecule has 0 saturated carbocycles. The maximum Gasteiger partial charge on any atom is 0.431 e. The van der Waals surface area contributed by atoms with Crippen LogP contribution >= 0.6 is 11.6 Å². The molecule has 0 saturated heterocycles. The number of benzene rings is 2. The van der Waals surface area contributed by atoms with Crippen LogP contribution in [-0.4, -0.2) is 46.7 Å². The van der Waals surface area contributed by atoms with Crippen molar-refractivity contribution in [3.8, 4) is 11.1 Å². The minimum absolute atomic E-state index is 0.0257. The minimum atomic E-state index is -4.72. The fourth-order valence-corrected chi connectivity index (χ4v) is 3.97. The van der Waals surface area contributed by atoms with Crippen LogP contribution in [0.5, 0.6) is 0 Å². The summed E-state index contributed by atoms with van der Waals surface area (Å²) < 4.78 is 43.9. The highest BCUT2D eigenvalue weighted by Gasteiger charge is 2.41. The first-order valence-corrected chi connectivity index (χ1v) is 10.7. The minimum Gasteiger partial charge on any atom is -0.465 e. The van der Waals surface area contributed by atoms with Crippen LogP contribution in [0.15, 0.2) is 54.6 Å². The number of carbonyl (C=O) groups is 2. The van der Waals surface area contributed by atoms with Crippen molar-refractivity contribution in [1.29, 1.82) is 0 Å². The van der Waals surface area contributed by atoms with Gasteiger partial charge >= 0.3 is 12.3 Å². The lowest BCUT2D eigenvalue weighted by Crippen LogP contribution is -2.37. The number of amides is 2. The molecule has 6 nitrogen and oxygen atoms in total. The van der Waals surface area contributed by atoms with Crippen molar-refractivity contribution in [2.45, 2.75) is 19.6 Å². The van der Waals surface area contributed by atoms with E-state index < -0.39 is 23.9 Å². The Labute approximate surface area is 199 Å². The first-order valence-electron chi connectivity index (χ1n) is 10.3. The van der Waals surface area contributed by atoms with E-state index in [2.05, 4.69) is 5.32 Å². The second-order valence-corrected chi connectivity index (χ2v) is 8.17. The van der Waals surface area contributed by atoms with E-state index in [-0.39, 0.29) is 36.5 Å². The van der Waals surface area contributed by atoms with Crippen molar-refractivity contribution in [3.63, 3.8) is 0 Å². The van der Waals surface area contributed by atoms with Gasteiger partial charge in [-0.1, -0.05) is 54.1 Å². The zero-order valence-corrected chi connectivity index (χ0v) is 19.2. The number of carbonyl (C=O) groups excluding carboxylic acids is 1. The van der Waals surface area contributed by atoms with Gasteiger partial charge in [-0.15, -0.1) is 0 Å². The van der Waals surface area contributed by atoms with Crippen LogP contribution in [0.3, 0.4) is 0 Å². The van der Waals surface area contributed by atoms with Gasteiger partial charge in [-0.05, 0) is 35.7 Å². The fraction of sp³-hybridized carbons (Fsp3) is 0.250. The Kier molecular flexibility index (Phi) is 7.56. The molecule has 0 atom stereocenters. The van der Waals surface area contributed by atoms with E-state index in [4.69, 9.17) is 16.7 Å². The molecule has 0 fully saturated rings. The molecule has 0 aliphatic heterocycles. The molecule has 0 aliphatic rings. The molecule has 3 rings (SSSR count). The van der Waals surface area contributed by atoms with Crippen LogP contribution in [0.1, 0.15) is 27.3 Å². The molecule has 0 aliphatic carbocycles. The Balaban J connectivity index is 2.22. The molecule has 2 N–H and O–H groups in total. The molecule has 0 spiro atoms. The summed E-state index contributed by atoms with van der Waals surface area (Å²) in [6.07, 6.45) is -5.98. The van der Waals surface area contributed by atoms with E-state index in [1.54, 1.807) is 54.6 Å². The van der Waals surface area contributed by atoms with E-state index in [0.717, 1.165) is 4.57 Å². The maximum absolute atomic E-state index is 14.3. The lowest BCUT2D eigenvalue weighted by molar-refractivity contribution is -0.143. The molecule has 0 radical (unpaired) electrons. The van der Waals surface area contributed by atoms with Crippen molar-refractivity contribution in [1.82, 2.24) is 14.8 Å². The summed E-state index contributed by atoms with van der Waals surface area (Å²) >= 11 is 5.98. The largest absolute Gasteiger partial charge is 0.465 e. The van der Waals surface area contributed by atoms with Crippen LogP contribution in [0.25, 0.3) is 11.1 Å². The molecule has 10 heteroatoms. The SMILES string of the molecule is Cc1c(-c2ccc(Cl)cc2)c(C(=O)N(C)CCNC(=O)O)n(Cc2ccccc2)c1C(F)(F)F. The van der Waals surface area contributed by atoms with E-state index in [1.807, 2.05) is 0 Å². The number of nitrogens with one attached hydrogen (secondary N) is 1. The quantitative estimate of drug-likeness (QED) is 0.455. The van der Waals surface area contributed by atoms with Gasteiger partial charge in [-0.2, -0.15) is 13.2 Å². The van der Waals surface area contributed by atoms with Crippen molar-refractivity contribution in [2.75, 3.05) is 20.1 Å². The highest BCUT2D eigenvalue weighted by Crippen LogP contribution is 2.41. The Morgan fingerprint density at radius 2 is 1.71 bits per heavy atom. The zero-order valence-electron chi connectivity index (χ0n) is 18.5. The van der Waals surface area contributed by atoms with Gasteiger partial charge in [0, 0.05) is 37.3 Å². The summed E-state index contributed by atoms with van der Waals surface area (Å²) in [5, 5.41) is 11.3. The lowest BCUT2D eigenvalue weighted by Gasteiger charge is -2.21. The normalized spacial score (nSPS) is 11.4. The number of alkyl halides is 3. The number of rotatable bonds is 7. The third kappa shape index (κ3) is 5.53. The molecule has 1 heterocycles. The molecule has 3 aromatic rings. The van der Waals surface area contributed by atoms with Crippen molar-refractivity contribution < 1.29 is 27.9 Å². The third-order valence-electron chi connectivity index (χ3n) is 5.36. The van der Waals surface area contributed by atoms with E-state index in [9.17, 15) is 22.8 Å². The van der Waals surface area contributed by atoms with Crippen LogP contribution in [0.2, 0.25) is 5.02 Å². The number of hydrogen-bond acceptors (Lipinski definition) is 2. The van der Waals surface area contributed by atoms with Crippen molar-refractivity contribution >= 4 is 23.6 Å². The van der Waals surface area contributed by atoms with E-state index >= 15 is 0 Å². The standard InChI is InChI=1S/C24H23ClF3N3O3/c1-15-19(17-8-10-18(25)11-9-17)20(22(32)30(2)13-12-29-23(33)34)31(21(15)24(26,27)28)14-16-6-4-3-5-7-16/h3-11,29H,12-14H2,1-2H3,(H,33,34). The van der Waals surface area contributed by atoms with Gasteiger partial charge in [0.25, 0.3) is 5.91 Å². The zero-order chi connectivity index (χ0) is 25.0. The van der Waals surface area contributed by atoms with Gasteiger partial charge < -0.3 is 19.9 Å². The van der Waals surface area contributed by atoms with Gasteiger partial charge in [0.1, 0.15) is 11.4 Å². The van der Waals surface area contributed by atoms with Gasteiger partial charge in [-0.25, -0.2) is 4.79 Å². The summed E-state index contributed by atoms with van der Waals surface area (Å²) in [5.74, 6) is -0.660. The average Bonchev–Trinajstić information content (AvgIpc) is 3.06. The highest BCUT2D eigenvalue weighted by molar-refractivity contribution is 6.30. The first kappa shape index (κ1) is 25.2. The Morgan fingerprint density at radius 3 is 2.26 bits per heavy atom. The highest BCUT2D eigenvalue weighted by atomic mass is 35.5. The molecular weight excluding hydrogens is 471 g/mol. The number of aromatic nitrogens is 1. The Morgan fingerprint density at radius 1 is 1.09 bits per heavy atom. The second kappa shape index (κ2) is 10.2. The molecule has 34 heavy (non-hydrogen) atoms. The summed E-state index contributed by atoms with van der Waals surface area (Å²) in [6.45, 7) is 1.07. The second-order valence-electron chi connectivity index (χ2n) is 7.73. The number of nitrogens with zero attached hydrogens (tertiary/aromatic N) is 2. The molecular formula is C24H23ClF3N3O3. The van der Waals surface area contributed by atoms with Gasteiger partial charge in [0.2, 0.25) is 0 Å². The molecule has 2 aromatic carbocycles. The van der Waals surface area contributed by atoms with E-state index in [0.29, 0.717) is 16.1 Å². The lowest BCUT2D eigenvalue weighted by atomic mass is 10.00. The van der Waals surface area contributed by atoms with Crippen LogP contribution < -0.4 is 5.32 Å². The van der Waals surface area contributed by atoms with Gasteiger partial charge in [0.15, 0.2) is 0 Å². The third-order valence-corrected chi connectivity index (χ3v) is 5.62. The van der Waals surface area contributed by atoms with E-state index in [1.165, 1.54) is 18.9 Å². The number of halogens is 4. The Hall–Kier alpha value is -3.46. The predicted octanol–water partition coefficient (Wildman–Crippen LogP) is 5.52. The number of likely N-dealkylation sites (N-methyl/N-ethyl adjacent to an activating group) is 1. The number of hydrogen-bond donors (Lipinski definition) is 2. The monoisotopic (exact) mass is 493 g/mol. The molecule has 2 amide bonds. The summed E-state index contributed by atoms with van der Waals surface area (Å²) in [7, 11) is 1.42. The van der Waals surface area contributed by atoms with Crippen LogP contribution in [0, 0.1) is 6.92 Å².